The summed E-state index contributed by atoms with van der Waals surface area (Å²) < 4.78 is 17.5. The van der Waals surface area contributed by atoms with Gasteiger partial charge in [0.1, 0.15) is 0 Å². The predicted molar refractivity (Wildman–Crippen MR) is 66.2 cm³/mol. The maximum atomic E-state index is 5.42. The van der Waals surface area contributed by atoms with Crippen LogP contribution in [-0.2, 0) is 13.3 Å². The van der Waals surface area contributed by atoms with E-state index < -0.39 is 8.80 Å². The molecule has 1 saturated heterocycles. The van der Waals surface area contributed by atoms with E-state index in [2.05, 4.69) is 7.05 Å². The van der Waals surface area contributed by atoms with Crippen molar-refractivity contribution in [3.05, 3.63) is 0 Å². The van der Waals surface area contributed by atoms with Crippen LogP contribution in [0.5, 0.6) is 0 Å². The average Bonchev–Trinajstić information content (AvgIpc) is 2.73. The Bertz CT molecular complexity index is 195. The standard InChI is InChI=1S/C11H26NO3Si/c1-12(8-5-6-9-12)10-7-11-16(13-2,14-3)15-4/h5-11H2,1-4H3/q+1. The van der Waals surface area contributed by atoms with Crippen molar-refractivity contribution in [1.29, 1.82) is 0 Å². The summed E-state index contributed by atoms with van der Waals surface area (Å²) in [5.41, 5.74) is 0. The van der Waals surface area contributed by atoms with E-state index in [-0.39, 0.29) is 0 Å². The van der Waals surface area contributed by atoms with E-state index in [1.54, 1.807) is 21.3 Å². The van der Waals surface area contributed by atoms with Gasteiger partial charge in [-0.15, -0.1) is 0 Å². The van der Waals surface area contributed by atoms with Crippen LogP contribution in [0.4, 0.5) is 0 Å². The molecule has 16 heavy (non-hydrogen) atoms. The van der Waals surface area contributed by atoms with Gasteiger partial charge < -0.3 is 17.8 Å². The minimum atomic E-state index is -2.33. The summed E-state index contributed by atoms with van der Waals surface area (Å²) in [6.45, 7) is 3.85. The molecule has 0 unspecified atom stereocenters. The summed E-state index contributed by atoms with van der Waals surface area (Å²) in [5.74, 6) is 0. The first kappa shape index (κ1) is 14.1. The molecule has 0 radical (unpaired) electrons. The van der Waals surface area contributed by atoms with Gasteiger partial charge in [-0.3, -0.25) is 0 Å². The number of likely N-dealkylation sites (tertiary alicyclic amines) is 1. The van der Waals surface area contributed by atoms with Gasteiger partial charge in [0.15, 0.2) is 0 Å². The summed E-state index contributed by atoms with van der Waals surface area (Å²) >= 11 is 0. The fourth-order valence-corrected chi connectivity index (χ4v) is 4.26. The van der Waals surface area contributed by atoms with Gasteiger partial charge in [0.25, 0.3) is 0 Å². The Labute approximate surface area is 100 Å². The summed E-state index contributed by atoms with van der Waals surface area (Å²) in [4.78, 5) is 0. The van der Waals surface area contributed by atoms with E-state index >= 15 is 0 Å². The summed E-state index contributed by atoms with van der Waals surface area (Å²) in [7, 11) is 5.08. The Balaban J connectivity index is 2.32. The van der Waals surface area contributed by atoms with Crippen molar-refractivity contribution in [2.45, 2.75) is 25.3 Å². The van der Waals surface area contributed by atoms with Crippen LogP contribution in [0.15, 0.2) is 0 Å². The highest BCUT2D eigenvalue weighted by Crippen LogP contribution is 2.20. The molecular formula is C11H26NO3Si+. The second-order valence-electron chi connectivity index (χ2n) is 4.90. The van der Waals surface area contributed by atoms with Crippen LogP contribution < -0.4 is 0 Å². The normalized spacial score (nSPS) is 20.2. The highest BCUT2D eigenvalue weighted by molar-refractivity contribution is 6.60. The molecule has 0 amide bonds. The van der Waals surface area contributed by atoms with Crippen LogP contribution in [0.1, 0.15) is 19.3 Å². The molecule has 1 fully saturated rings. The third kappa shape index (κ3) is 3.53. The van der Waals surface area contributed by atoms with Crippen molar-refractivity contribution < 1.29 is 17.8 Å². The van der Waals surface area contributed by atoms with Gasteiger partial charge in [-0.05, 0) is 0 Å². The van der Waals surface area contributed by atoms with Crippen molar-refractivity contribution in [2.75, 3.05) is 48.0 Å². The molecule has 5 heteroatoms. The predicted octanol–water partition coefficient (Wildman–Crippen LogP) is 1.49. The van der Waals surface area contributed by atoms with Gasteiger partial charge in [-0.1, -0.05) is 0 Å². The second-order valence-corrected chi connectivity index (χ2v) is 7.99. The van der Waals surface area contributed by atoms with Crippen LogP contribution in [0.25, 0.3) is 0 Å². The van der Waals surface area contributed by atoms with Crippen molar-refractivity contribution in [1.82, 2.24) is 0 Å². The van der Waals surface area contributed by atoms with Crippen LogP contribution in [-0.4, -0.2) is 61.3 Å². The monoisotopic (exact) mass is 248 g/mol. The first-order chi connectivity index (χ1) is 7.60. The van der Waals surface area contributed by atoms with Gasteiger partial charge in [-0.25, -0.2) is 0 Å². The summed E-state index contributed by atoms with van der Waals surface area (Å²) in [6.07, 6.45) is 3.87. The SMILES string of the molecule is CO[Si](CCC[N+]1(C)CCCC1)(OC)OC. The van der Waals surface area contributed by atoms with Crippen LogP contribution >= 0.6 is 0 Å². The Morgan fingerprint density at radius 2 is 1.50 bits per heavy atom. The number of quaternary nitrogens is 1. The van der Waals surface area contributed by atoms with Gasteiger partial charge >= 0.3 is 8.80 Å². The number of rotatable bonds is 7. The summed E-state index contributed by atoms with van der Waals surface area (Å²) in [5, 5.41) is 0. The lowest BCUT2D eigenvalue weighted by Gasteiger charge is -2.31. The van der Waals surface area contributed by atoms with Crippen LogP contribution in [0.3, 0.4) is 0 Å². The lowest BCUT2D eigenvalue weighted by molar-refractivity contribution is -0.897. The smallest absolute Gasteiger partial charge is 0.377 e. The van der Waals surface area contributed by atoms with Gasteiger partial charge in [0.2, 0.25) is 0 Å². The van der Waals surface area contributed by atoms with E-state index in [0.717, 1.165) is 12.5 Å². The van der Waals surface area contributed by atoms with Crippen LogP contribution in [0.2, 0.25) is 6.04 Å². The molecule has 0 bridgehead atoms. The zero-order chi connectivity index (χ0) is 12.1. The molecular weight excluding hydrogens is 222 g/mol. The molecule has 1 rings (SSSR count). The first-order valence-corrected chi connectivity index (χ1v) is 8.02. The largest absolute Gasteiger partial charge is 0.500 e. The zero-order valence-electron chi connectivity index (χ0n) is 11.1. The summed E-state index contributed by atoms with van der Waals surface area (Å²) in [6, 6.07) is 0.921. The maximum Gasteiger partial charge on any atom is 0.500 e. The van der Waals surface area contributed by atoms with Crippen molar-refractivity contribution >= 4 is 8.80 Å². The Morgan fingerprint density at radius 3 is 1.94 bits per heavy atom. The van der Waals surface area contributed by atoms with E-state index in [1.165, 1.54) is 37.0 Å². The van der Waals surface area contributed by atoms with E-state index in [9.17, 15) is 0 Å². The number of nitrogens with zero attached hydrogens (tertiary/aromatic N) is 1. The Morgan fingerprint density at radius 1 is 1.00 bits per heavy atom. The molecule has 0 aromatic heterocycles. The van der Waals surface area contributed by atoms with Gasteiger partial charge in [0, 0.05) is 46.6 Å². The zero-order valence-corrected chi connectivity index (χ0v) is 12.1. The van der Waals surface area contributed by atoms with E-state index in [0.29, 0.717) is 0 Å². The molecule has 0 aliphatic carbocycles. The molecule has 4 nitrogen and oxygen atoms in total. The number of hydrogen-bond acceptors (Lipinski definition) is 3. The van der Waals surface area contributed by atoms with E-state index in [4.69, 9.17) is 13.3 Å². The molecule has 0 N–H and O–H groups in total. The average molecular weight is 248 g/mol. The van der Waals surface area contributed by atoms with Crippen molar-refractivity contribution in [3.8, 4) is 0 Å². The topological polar surface area (TPSA) is 27.7 Å². The van der Waals surface area contributed by atoms with Crippen molar-refractivity contribution in [2.24, 2.45) is 0 Å². The highest BCUT2D eigenvalue weighted by Gasteiger charge is 2.38. The highest BCUT2D eigenvalue weighted by atomic mass is 28.4. The van der Waals surface area contributed by atoms with Crippen LogP contribution in [0, 0.1) is 0 Å². The fraction of sp³-hybridized carbons (Fsp3) is 1.00. The third-order valence-corrected chi connectivity index (χ3v) is 6.59. The Hall–Kier alpha value is 0.0569. The third-order valence-electron chi connectivity index (χ3n) is 3.76. The fourth-order valence-electron chi connectivity index (χ4n) is 2.56. The second kappa shape index (κ2) is 6.12. The van der Waals surface area contributed by atoms with Gasteiger partial charge in [-0.2, -0.15) is 0 Å². The maximum absolute atomic E-state index is 5.42. The molecule has 0 saturated carbocycles. The molecule has 1 aliphatic heterocycles. The Kier molecular flexibility index (Phi) is 5.40. The quantitative estimate of drug-likeness (QED) is 0.505. The minimum Gasteiger partial charge on any atom is -0.377 e. The molecule has 96 valence electrons. The van der Waals surface area contributed by atoms with E-state index in [1.807, 2.05) is 0 Å². The van der Waals surface area contributed by atoms with Crippen molar-refractivity contribution in [3.63, 3.8) is 0 Å². The lowest BCUT2D eigenvalue weighted by Crippen LogP contribution is -2.46. The minimum absolute atomic E-state index is 0.921. The molecule has 0 aromatic carbocycles. The lowest BCUT2D eigenvalue weighted by atomic mass is 10.4. The molecule has 0 aromatic rings. The van der Waals surface area contributed by atoms with Gasteiger partial charge in [0.05, 0.1) is 26.7 Å². The molecule has 0 atom stereocenters. The number of hydrogen-bond donors (Lipinski definition) is 0. The molecule has 1 aliphatic rings. The molecule has 0 spiro atoms. The molecule has 1 heterocycles. The first-order valence-electron chi connectivity index (χ1n) is 6.09.